The first-order chi connectivity index (χ1) is 9.16. The van der Waals surface area contributed by atoms with Gasteiger partial charge in [0.15, 0.2) is 6.61 Å². The third-order valence-corrected chi connectivity index (χ3v) is 2.72. The molecular weight excluding hydrogens is 240 g/mol. The summed E-state index contributed by atoms with van der Waals surface area (Å²) < 4.78 is 5.47. The molecule has 2 aromatic rings. The van der Waals surface area contributed by atoms with Crippen molar-refractivity contribution in [2.45, 2.75) is 13.8 Å². The van der Waals surface area contributed by atoms with E-state index in [4.69, 9.17) is 4.74 Å². The van der Waals surface area contributed by atoms with Crippen molar-refractivity contribution in [2.24, 2.45) is 0 Å². The Morgan fingerprint density at radius 1 is 1.16 bits per heavy atom. The fourth-order valence-electron chi connectivity index (χ4n) is 1.65. The summed E-state index contributed by atoms with van der Waals surface area (Å²) in [4.78, 5) is 15.9. The van der Waals surface area contributed by atoms with Crippen LogP contribution < -0.4 is 10.1 Å². The number of para-hydroxylation sites is 1. The van der Waals surface area contributed by atoms with Crippen molar-refractivity contribution in [3.8, 4) is 5.75 Å². The van der Waals surface area contributed by atoms with Gasteiger partial charge in [-0.25, -0.2) is 4.98 Å². The molecule has 1 N–H and O–H groups in total. The molecule has 98 valence electrons. The molecule has 1 aromatic carbocycles. The summed E-state index contributed by atoms with van der Waals surface area (Å²) in [7, 11) is 0. The lowest BCUT2D eigenvalue weighted by Crippen LogP contribution is -2.21. The number of amides is 1. The maximum atomic E-state index is 11.8. The van der Waals surface area contributed by atoms with E-state index in [2.05, 4.69) is 10.3 Å². The fourth-order valence-corrected chi connectivity index (χ4v) is 1.65. The minimum atomic E-state index is -0.218. The number of nitrogens with one attached hydrogen (secondary N) is 1. The largest absolute Gasteiger partial charge is 0.483 e. The van der Waals surface area contributed by atoms with Gasteiger partial charge in [0.05, 0.1) is 0 Å². The van der Waals surface area contributed by atoms with Crippen LogP contribution in [-0.2, 0) is 4.79 Å². The molecule has 0 unspecified atom stereocenters. The van der Waals surface area contributed by atoms with E-state index in [1.54, 1.807) is 6.20 Å². The zero-order valence-electron chi connectivity index (χ0n) is 11.0. The van der Waals surface area contributed by atoms with Crippen molar-refractivity contribution in [3.05, 3.63) is 53.7 Å². The van der Waals surface area contributed by atoms with Gasteiger partial charge in [-0.05, 0) is 37.1 Å². The molecule has 0 radical (unpaired) electrons. The quantitative estimate of drug-likeness (QED) is 0.915. The summed E-state index contributed by atoms with van der Waals surface area (Å²) >= 11 is 0. The molecule has 4 heteroatoms. The van der Waals surface area contributed by atoms with E-state index < -0.39 is 0 Å². The maximum absolute atomic E-state index is 11.8. The minimum absolute atomic E-state index is 0.0269. The summed E-state index contributed by atoms with van der Waals surface area (Å²) in [6, 6.07) is 11.3. The number of carbonyl (C=O) groups excluding carboxylic acids is 1. The standard InChI is InChI=1S/C15H16N2O2/c1-11-6-3-4-8-13(11)19-10-14(18)17-15-12(2)7-5-9-16-15/h3-9H,10H2,1-2H3,(H,16,17,18). The third-order valence-electron chi connectivity index (χ3n) is 2.72. The van der Waals surface area contributed by atoms with Crippen LogP contribution >= 0.6 is 0 Å². The van der Waals surface area contributed by atoms with Crippen LogP contribution in [-0.4, -0.2) is 17.5 Å². The number of aryl methyl sites for hydroxylation is 2. The molecule has 0 saturated heterocycles. The topological polar surface area (TPSA) is 51.2 Å². The zero-order valence-corrected chi connectivity index (χ0v) is 11.0. The van der Waals surface area contributed by atoms with E-state index in [0.29, 0.717) is 5.82 Å². The highest BCUT2D eigenvalue weighted by atomic mass is 16.5. The van der Waals surface area contributed by atoms with Gasteiger partial charge in [-0.3, -0.25) is 4.79 Å². The zero-order chi connectivity index (χ0) is 13.7. The number of hydrogen-bond donors (Lipinski definition) is 1. The summed E-state index contributed by atoms with van der Waals surface area (Å²) in [5.41, 5.74) is 1.93. The van der Waals surface area contributed by atoms with E-state index in [0.717, 1.165) is 16.9 Å². The van der Waals surface area contributed by atoms with E-state index >= 15 is 0 Å². The van der Waals surface area contributed by atoms with Gasteiger partial charge in [0.1, 0.15) is 11.6 Å². The predicted molar refractivity (Wildman–Crippen MR) is 74.3 cm³/mol. The third kappa shape index (κ3) is 3.55. The van der Waals surface area contributed by atoms with Gasteiger partial charge in [0.25, 0.3) is 5.91 Å². The second-order valence-corrected chi connectivity index (χ2v) is 4.27. The number of nitrogens with zero attached hydrogens (tertiary/aromatic N) is 1. The van der Waals surface area contributed by atoms with Crippen molar-refractivity contribution < 1.29 is 9.53 Å². The Balaban J connectivity index is 1.92. The number of benzene rings is 1. The number of aromatic nitrogens is 1. The number of pyridine rings is 1. The minimum Gasteiger partial charge on any atom is -0.483 e. The Morgan fingerprint density at radius 2 is 1.89 bits per heavy atom. The highest BCUT2D eigenvalue weighted by Crippen LogP contribution is 2.16. The molecule has 0 fully saturated rings. The second kappa shape index (κ2) is 6.00. The highest BCUT2D eigenvalue weighted by Gasteiger charge is 2.07. The van der Waals surface area contributed by atoms with E-state index in [9.17, 15) is 4.79 Å². The summed E-state index contributed by atoms with van der Waals surface area (Å²) in [6.45, 7) is 3.81. The molecule has 4 nitrogen and oxygen atoms in total. The number of carbonyl (C=O) groups is 1. The van der Waals surface area contributed by atoms with Gasteiger partial charge < -0.3 is 10.1 Å². The molecule has 2 rings (SSSR count). The summed E-state index contributed by atoms with van der Waals surface area (Å²) in [5.74, 6) is 1.07. The fraction of sp³-hybridized carbons (Fsp3) is 0.200. The Bertz CT molecular complexity index is 582. The number of ether oxygens (including phenoxy) is 1. The number of hydrogen-bond acceptors (Lipinski definition) is 3. The predicted octanol–water partition coefficient (Wildman–Crippen LogP) is 2.72. The SMILES string of the molecule is Cc1ccccc1OCC(=O)Nc1ncccc1C. The molecule has 0 saturated carbocycles. The maximum Gasteiger partial charge on any atom is 0.263 e. The molecule has 1 amide bonds. The van der Waals surface area contributed by atoms with Crippen LogP contribution in [0.2, 0.25) is 0 Å². The molecule has 0 bridgehead atoms. The van der Waals surface area contributed by atoms with Crippen molar-refractivity contribution in [1.29, 1.82) is 0 Å². The van der Waals surface area contributed by atoms with Crippen molar-refractivity contribution in [3.63, 3.8) is 0 Å². The van der Waals surface area contributed by atoms with Gasteiger partial charge in [0.2, 0.25) is 0 Å². The Morgan fingerprint density at radius 3 is 2.63 bits per heavy atom. The summed E-state index contributed by atoms with van der Waals surface area (Å²) in [6.07, 6.45) is 1.64. The van der Waals surface area contributed by atoms with Gasteiger partial charge in [-0.1, -0.05) is 24.3 Å². The molecule has 19 heavy (non-hydrogen) atoms. The molecular formula is C15H16N2O2. The van der Waals surface area contributed by atoms with Crippen molar-refractivity contribution in [1.82, 2.24) is 4.98 Å². The van der Waals surface area contributed by atoms with Crippen LogP contribution in [0.1, 0.15) is 11.1 Å². The first kappa shape index (κ1) is 13.1. The molecule has 0 spiro atoms. The highest BCUT2D eigenvalue weighted by molar-refractivity contribution is 5.91. The van der Waals surface area contributed by atoms with E-state index in [1.807, 2.05) is 50.2 Å². The molecule has 0 aliphatic heterocycles. The summed E-state index contributed by atoms with van der Waals surface area (Å²) in [5, 5.41) is 2.72. The Labute approximate surface area is 112 Å². The molecule has 0 aliphatic rings. The molecule has 0 atom stereocenters. The van der Waals surface area contributed by atoms with Crippen molar-refractivity contribution in [2.75, 3.05) is 11.9 Å². The van der Waals surface area contributed by atoms with Gasteiger partial charge in [-0.15, -0.1) is 0 Å². The lowest BCUT2D eigenvalue weighted by atomic mass is 10.2. The van der Waals surface area contributed by atoms with E-state index in [-0.39, 0.29) is 12.5 Å². The molecule has 1 aromatic heterocycles. The average Bonchev–Trinajstić information content (AvgIpc) is 2.40. The second-order valence-electron chi connectivity index (χ2n) is 4.27. The number of anilines is 1. The Hall–Kier alpha value is -2.36. The smallest absolute Gasteiger partial charge is 0.263 e. The van der Waals surface area contributed by atoms with Crippen LogP contribution in [0.4, 0.5) is 5.82 Å². The van der Waals surface area contributed by atoms with Crippen molar-refractivity contribution >= 4 is 11.7 Å². The normalized spacial score (nSPS) is 10.0. The monoisotopic (exact) mass is 256 g/mol. The van der Waals surface area contributed by atoms with Crippen LogP contribution in [0.25, 0.3) is 0 Å². The van der Waals surface area contributed by atoms with Crippen LogP contribution in [0.3, 0.4) is 0 Å². The van der Waals surface area contributed by atoms with Gasteiger partial charge in [0, 0.05) is 6.20 Å². The average molecular weight is 256 g/mol. The van der Waals surface area contributed by atoms with Crippen LogP contribution in [0.15, 0.2) is 42.6 Å². The Kier molecular flexibility index (Phi) is 4.13. The number of rotatable bonds is 4. The molecule has 1 heterocycles. The van der Waals surface area contributed by atoms with E-state index in [1.165, 1.54) is 0 Å². The first-order valence-corrected chi connectivity index (χ1v) is 6.06. The lowest BCUT2D eigenvalue weighted by Gasteiger charge is -2.09. The van der Waals surface area contributed by atoms with Crippen LogP contribution in [0, 0.1) is 13.8 Å². The lowest BCUT2D eigenvalue weighted by molar-refractivity contribution is -0.118. The van der Waals surface area contributed by atoms with Gasteiger partial charge >= 0.3 is 0 Å². The molecule has 0 aliphatic carbocycles. The first-order valence-electron chi connectivity index (χ1n) is 6.06. The van der Waals surface area contributed by atoms with Gasteiger partial charge in [-0.2, -0.15) is 0 Å². The van der Waals surface area contributed by atoms with Crippen LogP contribution in [0.5, 0.6) is 5.75 Å².